The van der Waals surface area contributed by atoms with Gasteiger partial charge in [-0.25, -0.2) is 0 Å². The number of nitrogens with zero attached hydrogens (tertiary/aromatic N) is 3. The summed E-state index contributed by atoms with van der Waals surface area (Å²) in [5, 5.41) is 3.00. The van der Waals surface area contributed by atoms with E-state index in [4.69, 9.17) is 0 Å². The van der Waals surface area contributed by atoms with Crippen molar-refractivity contribution in [2.45, 2.75) is 20.3 Å². The minimum absolute atomic E-state index is 0.00839. The zero-order chi connectivity index (χ0) is 23.4. The smallest absolute Gasteiger partial charge is 0.253 e. The van der Waals surface area contributed by atoms with Gasteiger partial charge in [0.15, 0.2) is 0 Å². The maximum absolute atomic E-state index is 12.8. The quantitative estimate of drug-likeness (QED) is 0.736. The Labute approximate surface area is 195 Å². The highest BCUT2D eigenvalue weighted by atomic mass is 16.2. The molecule has 2 aliphatic heterocycles. The van der Waals surface area contributed by atoms with Crippen LogP contribution < -0.4 is 10.2 Å². The molecule has 1 atom stereocenters. The molecular weight excluding hydrogens is 416 g/mol. The van der Waals surface area contributed by atoms with Crippen molar-refractivity contribution in [2.24, 2.45) is 5.92 Å². The number of piperazine rings is 1. The number of nitrogens with one attached hydrogen (secondary N) is 1. The van der Waals surface area contributed by atoms with E-state index in [0.717, 1.165) is 42.0 Å². The summed E-state index contributed by atoms with van der Waals surface area (Å²) in [4.78, 5) is 43.6. The van der Waals surface area contributed by atoms with Crippen LogP contribution in [0.4, 0.5) is 5.69 Å². The molecule has 0 aromatic heterocycles. The van der Waals surface area contributed by atoms with Crippen LogP contribution in [0.2, 0.25) is 0 Å². The van der Waals surface area contributed by atoms with Crippen LogP contribution in [0.5, 0.6) is 0 Å². The molecule has 0 bridgehead atoms. The van der Waals surface area contributed by atoms with Crippen molar-refractivity contribution in [1.29, 1.82) is 0 Å². The molecule has 2 aliphatic rings. The van der Waals surface area contributed by atoms with Crippen molar-refractivity contribution in [2.75, 3.05) is 50.7 Å². The van der Waals surface area contributed by atoms with E-state index in [1.54, 1.807) is 4.90 Å². The van der Waals surface area contributed by atoms with Crippen molar-refractivity contribution >= 4 is 23.4 Å². The van der Waals surface area contributed by atoms with E-state index in [-0.39, 0.29) is 30.1 Å². The number of rotatable bonds is 6. The number of para-hydroxylation sites is 1. The fourth-order valence-electron chi connectivity index (χ4n) is 4.68. The van der Waals surface area contributed by atoms with Gasteiger partial charge in [0.05, 0.1) is 5.92 Å². The number of benzene rings is 2. The molecule has 1 N–H and O–H groups in total. The Balaban J connectivity index is 1.19. The van der Waals surface area contributed by atoms with Gasteiger partial charge in [-0.1, -0.05) is 35.4 Å². The summed E-state index contributed by atoms with van der Waals surface area (Å²) < 4.78 is 0. The van der Waals surface area contributed by atoms with Crippen molar-refractivity contribution in [3.8, 4) is 0 Å². The predicted octanol–water partition coefficient (Wildman–Crippen LogP) is 2.23. The summed E-state index contributed by atoms with van der Waals surface area (Å²) in [6.07, 6.45) is 0.250. The van der Waals surface area contributed by atoms with E-state index >= 15 is 0 Å². The molecular formula is C26H32N4O3. The van der Waals surface area contributed by atoms with Crippen LogP contribution in [0.25, 0.3) is 0 Å². The van der Waals surface area contributed by atoms with Crippen LogP contribution in [0, 0.1) is 19.8 Å². The monoisotopic (exact) mass is 448 g/mol. The number of carbonyl (C=O) groups is 3. The molecule has 2 fully saturated rings. The van der Waals surface area contributed by atoms with E-state index in [2.05, 4.69) is 16.3 Å². The lowest BCUT2D eigenvalue weighted by Gasteiger charge is -2.35. The summed E-state index contributed by atoms with van der Waals surface area (Å²) in [5.74, 6) is -0.301. The van der Waals surface area contributed by atoms with Crippen molar-refractivity contribution in [3.63, 3.8) is 0 Å². The van der Waals surface area contributed by atoms with Gasteiger partial charge in [0, 0.05) is 63.5 Å². The highest BCUT2D eigenvalue weighted by Gasteiger charge is 2.35. The molecule has 7 nitrogen and oxygen atoms in total. The van der Waals surface area contributed by atoms with Gasteiger partial charge >= 0.3 is 0 Å². The van der Waals surface area contributed by atoms with Gasteiger partial charge in [-0.3, -0.25) is 19.3 Å². The highest BCUT2D eigenvalue weighted by Crippen LogP contribution is 2.24. The average Bonchev–Trinajstić information content (AvgIpc) is 3.20. The Morgan fingerprint density at radius 2 is 1.64 bits per heavy atom. The van der Waals surface area contributed by atoms with Crippen LogP contribution >= 0.6 is 0 Å². The Hall–Kier alpha value is -3.19. The number of carbonyl (C=O) groups excluding carboxylic acids is 3. The molecule has 33 heavy (non-hydrogen) atoms. The third-order valence-corrected chi connectivity index (χ3v) is 6.42. The van der Waals surface area contributed by atoms with Gasteiger partial charge in [-0.05, 0) is 38.1 Å². The van der Waals surface area contributed by atoms with Crippen LogP contribution in [0.15, 0.2) is 48.5 Å². The first-order valence-electron chi connectivity index (χ1n) is 11.6. The van der Waals surface area contributed by atoms with Gasteiger partial charge in [0.2, 0.25) is 11.8 Å². The summed E-state index contributed by atoms with van der Waals surface area (Å²) in [6.45, 7) is 8.67. The molecule has 3 amide bonds. The molecule has 7 heteroatoms. The predicted molar refractivity (Wildman–Crippen MR) is 128 cm³/mol. The minimum Gasteiger partial charge on any atom is -0.355 e. The fourth-order valence-corrected chi connectivity index (χ4v) is 4.68. The largest absolute Gasteiger partial charge is 0.355 e. The summed E-state index contributed by atoms with van der Waals surface area (Å²) >= 11 is 0. The zero-order valence-electron chi connectivity index (χ0n) is 19.4. The van der Waals surface area contributed by atoms with Crippen LogP contribution in [0.1, 0.15) is 27.9 Å². The number of hydrogen-bond acceptors (Lipinski definition) is 4. The molecule has 0 aliphatic carbocycles. The van der Waals surface area contributed by atoms with E-state index in [1.807, 2.05) is 61.2 Å². The third kappa shape index (κ3) is 5.60. The first kappa shape index (κ1) is 23.0. The SMILES string of the molecule is Cc1cc(C)cc(C(=O)N2CCN(CCNC(=O)C3CC(=O)N(c4ccccc4)C3)CC2)c1. The van der Waals surface area contributed by atoms with Crippen LogP contribution in [-0.4, -0.2) is 73.3 Å². The second kappa shape index (κ2) is 10.2. The number of aryl methyl sites for hydroxylation is 2. The molecule has 2 aromatic carbocycles. The summed E-state index contributed by atoms with van der Waals surface area (Å²) in [7, 11) is 0. The molecule has 174 valence electrons. The first-order valence-corrected chi connectivity index (χ1v) is 11.6. The third-order valence-electron chi connectivity index (χ3n) is 6.42. The van der Waals surface area contributed by atoms with Gasteiger partial charge in [0.25, 0.3) is 5.91 Å². The summed E-state index contributed by atoms with van der Waals surface area (Å²) in [6, 6.07) is 15.5. The van der Waals surface area contributed by atoms with Gasteiger partial charge < -0.3 is 15.1 Å². The topological polar surface area (TPSA) is 73.0 Å². The molecule has 4 rings (SSSR count). The molecule has 0 spiro atoms. The van der Waals surface area contributed by atoms with Gasteiger partial charge in [-0.15, -0.1) is 0 Å². The fraction of sp³-hybridized carbons (Fsp3) is 0.423. The molecule has 0 radical (unpaired) electrons. The average molecular weight is 449 g/mol. The summed E-state index contributed by atoms with van der Waals surface area (Å²) in [5.41, 5.74) is 3.79. The van der Waals surface area contributed by atoms with E-state index in [9.17, 15) is 14.4 Å². The van der Waals surface area contributed by atoms with Crippen molar-refractivity contribution in [3.05, 3.63) is 65.2 Å². The van der Waals surface area contributed by atoms with Gasteiger partial charge in [0.1, 0.15) is 0 Å². The normalized spacial score (nSPS) is 19.1. The maximum Gasteiger partial charge on any atom is 0.253 e. The first-order chi connectivity index (χ1) is 15.9. The second-order valence-electron chi connectivity index (χ2n) is 9.04. The Morgan fingerprint density at radius 3 is 2.30 bits per heavy atom. The molecule has 2 aromatic rings. The molecule has 2 saturated heterocycles. The molecule has 2 heterocycles. The standard InChI is InChI=1S/C26H32N4O3/c1-19-14-20(2)16-21(15-19)26(33)29-12-10-28(11-13-29)9-8-27-25(32)22-17-24(31)30(18-22)23-6-4-3-5-7-23/h3-7,14-16,22H,8-13,17-18H2,1-2H3,(H,27,32). The van der Waals surface area contributed by atoms with Crippen molar-refractivity contribution < 1.29 is 14.4 Å². The number of anilines is 1. The van der Waals surface area contributed by atoms with Crippen molar-refractivity contribution in [1.82, 2.24) is 15.1 Å². The van der Waals surface area contributed by atoms with Gasteiger partial charge in [-0.2, -0.15) is 0 Å². The Morgan fingerprint density at radius 1 is 0.970 bits per heavy atom. The minimum atomic E-state index is -0.315. The lowest BCUT2D eigenvalue weighted by Crippen LogP contribution is -2.50. The molecule has 1 unspecified atom stereocenters. The van der Waals surface area contributed by atoms with E-state index in [1.165, 1.54) is 0 Å². The Kier molecular flexibility index (Phi) is 7.08. The number of amides is 3. The zero-order valence-corrected chi connectivity index (χ0v) is 19.4. The number of hydrogen-bond donors (Lipinski definition) is 1. The maximum atomic E-state index is 12.8. The highest BCUT2D eigenvalue weighted by molar-refractivity contribution is 6.00. The second-order valence-corrected chi connectivity index (χ2v) is 9.04. The lowest BCUT2D eigenvalue weighted by atomic mass is 10.1. The molecule has 0 saturated carbocycles. The Bertz CT molecular complexity index is 995. The van der Waals surface area contributed by atoms with E-state index in [0.29, 0.717) is 26.2 Å². The lowest BCUT2D eigenvalue weighted by molar-refractivity contribution is -0.126. The van der Waals surface area contributed by atoms with E-state index < -0.39 is 0 Å². The van der Waals surface area contributed by atoms with Crippen LogP contribution in [0.3, 0.4) is 0 Å². The van der Waals surface area contributed by atoms with Crippen LogP contribution in [-0.2, 0) is 9.59 Å².